The van der Waals surface area contributed by atoms with Crippen LogP contribution in [0.3, 0.4) is 0 Å². The molecule has 0 spiro atoms. The third-order valence-corrected chi connectivity index (χ3v) is 6.56. The summed E-state index contributed by atoms with van der Waals surface area (Å²) in [5.41, 5.74) is 3.19. The molecule has 0 fully saturated rings. The van der Waals surface area contributed by atoms with Gasteiger partial charge in [-0.1, -0.05) is 54.1 Å². The van der Waals surface area contributed by atoms with Crippen molar-refractivity contribution < 1.29 is 18.0 Å². The number of rotatable bonds is 4. The van der Waals surface area contributed by atoms with Gasteiger partial charge < -0.3 is 9.30 Å². The molecule has 4 aromatic rings. The number of hydrogen-bond acceptors (Lipinski definition) is 2. The molecule has 1 aliphatic rings. The molecule has 2 aromatic heterocycles. The van der Waals surface area contributed by atoms with E-state index in [2.05, 4.69) is 11.1 Å². The summed E-state index contributed by atoms with van der Waals surface area (Å²) in [6.07, 6.45) is -0.439. The normalized spacial score (nSPS) is 14.8. The average molecular weight is 484 g/mol. The molecule has 1 aliphatic heterocycles. The van der Waals surface area contributed by atoms with E-state index in [0.717, 1.165) is 24.1 Å². The first-order valence-electron chi connectivity index (χ1n) is 10.9. The summed E-state index contributed by atoms with van der Waals surface area (Å²) >= 11 is 6.19. The number of pyridine rings is 1. The number of fused-ring (bicyclic) bond motifs is 2. The van der Waals surface area contributed by atoms with Gasteiger partial charge >= 0.3 is 6.18 Å². The second-order valence-corrected chi connectivity index (χ2v) is 8.91. The van der Waals surface area contributed by atoms with Crippen LogP contribution in [0.1, 0.15) is 40.3 Å². The topological polar surface area (TPSA) is 37.6 Å². The highest BCUT2D eigenvalue weighted by atomic mass is 35.5. The third kappa shape index (κ3) is 4.40. The zero-order chi connectivity index (χ0) is 23.9. The first-order valence-corrected chi connectivity index (χ1v) is 11.3. The van der Waals surface area contributed by atoms with Crippen molar-refractivity contribution in [3.05, 3.63) is 106 Å². The zero-order valence-electron chi connectivity index (χ0n) is 18.1. The lowest BCUT2D eigenvalue weighted by Gasteiger charge is -2.30. The fraction of sp³-hybridized carbons (Fsp3) is 0.231. The number of halogens is 4. The molecule has 0 aliphatic carbocycles. The number of hydrogen-bond donors (Lipinski definition) is 0. The van der Waals surface area contributed by atoms with Gasteiger partial charge in [0.15, 0.2) is 0 Å². The van der Waals surface area contributed by atoms with E-state index in [1.54, 1.807) is 39.9 Å². The van der Waals surface area contributed by atoms with Crippen molar-refractivity contribution in [1.82, 2.24) is 14.3 Å². The predicted octanol–water partition coefficient (Wildman–Crippen LogP) is 6.11. The van der Waals surface area contributed by atoms with Gasteiger partial charge in [0.1, 0.15) is 5.65 Å². The van der Waals surface area contributed by atoms with Crippen molar-refractivity contribution >= 4 is 23.2 Å². The number of carbonyl (C=O) groups excluding carboxylic acids is 1. The fourth-order valence-electron chi connectivity index (χ4n) is 4.57. The van der Waals surface area contributed by atoms with Crippen LogP contribution in [-0.4, -0.2) is 26.7 Å². The van der Waals surface area contributed by atoms with Gasteiger partial charge in [-0.15, -0.1) is 0 Å². The average Bonchev–Trinajstić information content (AvgIpc) is 3.24. The lowest BCUT2D eigenvalue weighted by Crippen LogP contribution is -2.36. The van der Waals surface area contributed by atoms with Crippen LogP contribution in [0, 0.1) is 0 Å². The number of carbonyl (C=O) groups is 1. The molecule has 174 valence electrons. The minimum Gasteiger partial charge on any atom is -0.338 e. The molecule has 1 atom stereocenters. The number of nitrogens with zero attached hydrogens (tertiary/aromatic N) is 3. The van der Waals surface area contributed by atoms with Crippen molar-refractivity contribution in [1.29, 1.82) is 0 Å². The van der Waals surface area contributed by atoms with E-state index >= 15 is 0 Å². The van der Waals surface area contributed by atoms with E-state index in [9.17, 15) is 18.0 Å². The zero-order valence-corrected chi connectivity index (χ0v) is 18.9. The standard InChI is InChI=1S/C26H21ClF3N3O/c27-21-8-9-24-31-14-23(33(24)16-21)22(18-6-3-7-20(12-18)26(28,29)30)13-25(34)32-11-10-17-4-1-2-5-19(17)15-32/h1-9,12,14,16,22H,10-11,13,15H2. The largest absolute Gasteiger partial charge is 0.416 e. The minimum atomic E-state index is -4.48. The Morgan fingerprint density at radius 1 is 1.06 bits per heavy atom. The lowest BCUT2D eigenvalue weighted by atomic mass is 9.90. The molecule has 0 saturated heterocycles. The Hall–Kier alpha value is -3.32. The van der Waals surface area contributed by atoms with Crippen LogP contribution in [0.2, 0.25) is 5.02 Å². The Morgan fingerprint density at radius 2 is 1.85 bits per heavy atom. The maximum absolute atomic E-state index is 13.5. The molecule has 1 unspecified atom stereocenters. The van der Waals surface area contributed by atoms with Gasteiger partial charge in [0.05, 0.1) is 16.3 Å². The third-order valence-electron chi connectivity index (χ3n) is 6.33. The Kier molecular flexibility index (Phi) is 5.81. The summed E-state index contributed by atoms with van der Waals surface area (Å²) in [6.45, 7) is 1.06. The Morgan fingerprint density at radius 3 is 2.65 bits per heavy atom. The van der Waals surface area contributed by atoms with Gasteiger partial charge in [0, 0.05) is 37.8 Å². The van der Waals surface area contributed by atoms with Crippen LogP contribution in [0.15, 0.2) is 73.1 Å². The summed E-state index contributed by atoms with van der Waals surface area (Å²) in [4.78, 5) is 19.6. The van der Waals surface area contributed by atoms with Crippen molar-refractivity contribution in [2.45, 2.75) is 31.5 Å². The van der Waals surface area contributed by atoms with Crippen LogP contribution in [-0.2, 0) is 23.9 Å². The van der Waals surface area contributed by atoms with Crippen molar-refractivity contribution in [2.24, 2.45) is 0 Å². The molecule has 3 heterocycles. The predicted molar refractivity (Wildman–Crippen MR) is 124 cm³/mol. The molecule has 0 radical (unpaired) electrons. The highest BCUT2D eigenvalue weighted by Gasteiger charge is 2.32. The van der Waals surface area contributed by atoms with Gasteiger partial charge in [-0.05, 0) is 41.3 Å². The summed E-state index contributed by atoms with van der Waals surface area (Å²) in [6, 6.07) is 16.6. The second kappa shape index (κ2) is 8.80. The highest BCUT2D eigenvalue weighted by Crippen LogP contribution is 2.35. The van der Waals surface area contributed by atoms with E-state index in [1.807, 2.05) is 18.2 Å². The van der Waals surface area contributed by atoms with E-state index < -0.39 is 17.7 Å². The number of imidazole rings is 1. The van der Waals surface area contributed by atoms with E-state index in [4.69, 9.17) is 11.6 Å². The second-order valence-electron chi connectivity index (χ2n) is 8.47. The number of amides is 1. The Bertz CT molecular complexity index is 1360. The molecule has 1 amide bonds. The summed E-state index contributed by atoms with van der Waals surface area (Å²) < 4.78 is 42.1. The summed E-state index contributed by atoms with van der Waals surface area (Å²) in [5.74, 6) is -0.741. The van der Waals surface area contributed by atoms with Crippen molar-refractivity contribution in [2.75, 3.05) is 6.54 Å². The van der Waals surface area contributed by atoms with Gasteiger partial charge in [-0.25, -0.2) is 4.98 Å². The minimum absolute atomic E-state index is 0.0176. The Balaban J connectivity index is 1.52. The summed E-state index contributed by atoms with van der Waals surface area (Å²) in [7, 11) is 0. The first-order chi connectivity index (χ1) is 16.3. The number of alkyl halides is 3. The van der Waals surface area contributed by atoms with Crippen LogP contribution in [0.5, 0.6) is 0 Å². The van der Waals surface area contributed by atoms with E-state index in [1.165, 1.54) is 11.6 Å². The highest BCUT2D eigenvalue weighted by molar-refractivity contribution is 6.30. The smallest absolute Gasteiger partial charge is 0.338 e. The maximum Gasteiger partial charge on any atom is 0.416 e. The number of benzene rings is 2. The molecule has 0 N–H and O–H groups in total. The molecule has 0 saturated carbocycles. The quantitative estimate of drug-likeness (QED) is 0.351. The molecular weight excluding hydrogens is 463 g/mol. The van der Waals surface area contributed by atoms with E-state index in [-0.39, 0.29) is 12.3 Å². The van der Waals surface area contributed by atoms with Crippen molar-refractivity contribution in [3.8, 4) is 0 Å². The molecule has 4 nitrogen and oxygen atoms in total. The molecule has 5 rings (SSSR count). The van der Waals surface area contributed by atoms with Gasteiger partial charge in [-0.2, -0.15) is 13.2 Å². The van der Waals surface area contributed by atoms with E-state index in [0.29, 0.717) is 35.0 Å². The SMILES string of the molecule is O=C(CC(c1cccc(C(F)(F)F)c1)c1cnc2ccc(Cl)cn12)N1CCc2ccccc2C1. The Labute approximate surface area is 199 Å². The van der Waals surface area contributed by atoms with Crippen LogP contribution >= 0.6 is 11.6 Å². The van der Waals surface area contributed by atoms with Crippen molar-refractivity contribution in [3.63, 3.8) is 0 Å². The van der Waals surface area contributed by atoms with Crippen LogP contribution in [0.4, 0.5) is 13.2 Å². The first kappa shape index (κ1) is 22.5. The van der Waals surface area contributed by atoms with Gasteiger partial charge in [-0.3, -0.25) is 4.79 Å². The fourth-order valence-corrected chi connectivity index (χ4v) is 4.73. The molecular formula is C26H21ClF3N3O. The molecule has 34 heavy (non-hydrogen) atoms. The van der Waals surface area contributed by atoms with Crippen LogP contribution < -0.4 is 0 Å². The monoisotopic (exact) mass is 483 g/mol. The lowest BCUT2D eigenvalue weighted by molar-refractivity contribution is -0.137. The van der Waals surface area contributed by atoms with Crippen LogP contribution in [0.25, 0.3) is 5.65 Å². The maximum atomic E-state index is 13.5. The molecule has 8 heteroatoms. The van der Waals surface area contributed by atoms with Gasteiger partial charge in [0.25, 0.3) is 0 Å². The molecule has 0 bridgehead atoms. The number of aromatic nitrogens is 2. The van der Waals surface area contributed by atoms with Gasteiger partial charge in [0.2, 0.25) is 5.91 Å². The summed E-state index contributed by atoms with van der Waals surface area (Å²) in [5, 5.41) is 0.466. The molecule has 2 aromatic carbocycles.